The largest absolute Gasteiger partial charge is 0.357 e. The van der Waals surface area contributed by atoms with Crippen molar-refractivity contribution in [3.63, 3.8) is 0 Å². The van der Waals surface area contributed by atoms with Gasteiger partial charge in [0.05, 0.1) is 10.8 Å². The van der Waals surface area contributed by atoms with Crippen LogP contribution in [0.4, 0.5) is 0 Å². The molecule has 30 heavy (non-hydrogen) atoms. The molecule has 5 nitrogen and oxygen atoms in total. The third-order valence-electron chi connectivity index (χ3n) is 4.77. The summed E-state index contributed by atoms with van der Waals surface area (Å²) in [6.45, 7) is 7.40. The highest BCUT2D eigenvalue weighted by Crippen LogP contribution is 2.08. The number of halogens is 1. The minimum Gasteiger partial charge on any atom is -0.357 e. The number of rotatable bonds is 11. The van der Waals surface area contributed by atoms with Crippen molar-refractivity contribution in [3.05, 3.63) is 66.2 Å². The molecule has 0 aliphatic rings. The molecule has 2 rings (SSSR count). The SMILES string of the molecule is CCNC(=NCCC(C)N(C)Cc1ccccc1)NCCS(=O)c1ccccc1.I. The Morgan fingerprint density at radius 2 is 1.70 bits per heavy atom. The Kier molecular flexibility index (Phi) is 13.6. The number of benzene rings is 2. The van der Waals surface area contributed by atoms with E-state index in [2.05, 4.69) is 65.7 Å². The topological polar surface area (TPSA) is 56.7 Å². The molecule has 0 amide bonds. The van der Waals surface area contributed by atoms with Crippen molar-refractivity contribution in [2.45, 2.75) is 37.8 Å². The van der Waals surface area contributed by atoms with E-state index in [4.69, 9.17) is 0 Å². The summed E-state index contributed by atoms with van der Waals surface area (Å²) in [5, 5.41) is 6.56. The van der Waals surface area contributed by atoms with Gasteiger partial charge in [-0.15, -0.1) is 24.0 Å². The van der Waals surface area contributed by atoms with Crippen LogP contribution in [0.5, 0.6) is 0 Å². The lowest BCUT2D eigenvalue weighted by Crippen LogP contribution is -2.39. The first-order chi connectivity index (χ1) is 14.1. The van der Waals surface area contributed by atoms with Gasteiger partial charge in [0.15, 0.2) is 5.96 Å². The predicted molar refractivity (Wildman–Crippen MR) is 139 cm³/mol. The second kappa shape index (κ2) is 15.4. The number of hydrogen-bond donors (Lipinski definition) is 2. The average molecular weight is 543 g/mol. The first kappa shape index (κ1) is 26.6. The number of nitrogens with one attached hydrogen (secondary N) is 2. The van der Waals surface area contributed by atoms with Gasteiger partial charge in [-0.25, -0.2) is 0 Å². The zero-order chi connectivity index (χ0) is 20.9. The fourth-order valence-corrected chi connectivity index (χ4v) is 3.89. The Balaban J connectivity index is 0.00000450. The van der Waals surface area contributed by atoms with E-state index in [0.717, 1.165) is 36.9 Å². The molecular formula is C23H35IN4OS. The highest BCUT2D eigenvalue weighted by atomic mass is 127. The molecule has 0 aliphatic carbocycles. The molecule has 7 heteroatoms. The fourth-order valence-electron chi connectivity index (χ4n) is 2.90. The zero-order valence-electron chi connectivity index (χ0n) is 18.2. The predicted octanol–water partition coefficient (Wildman–Crippen LogP) is 3.88. The molecule has 0 aliphatic heterocycles. The number of nitrogens with zero attached hydrogens (tertiary/aromatic N) is 2. The molecular weight excluding hydrogens is 507 g/mol. The molecule has 0 saturated heterocycles. The van der Waals surface area contributed by atoms with Crippen LogP contribution in [0.3, 0.4) is 0 Å². The lowest BCUT2D eigenvalue weighted by molar-refractivity contribution is 0.240. The minimum atomic E-state index is -0.994. The molecule has 0 spiro atoms. The number of hydrogen-bond acceptors (Lipinski definition) is 3. The summed E-state index contributed by atoms with van der Waals surface area (Å²) in [6.07, 6.45) is 0.982. The highest BCUT2D eigenvalue weighted by Gasteiger charge is 2.09. The van der Waals surface area contributed by atoms with Crippen LogP contribution in [-0.4, -0.2) is 53.5 Å². The van der Waals surface area contributed by atoms with Crippen LogP contribution in [0.1, 0.15) is 25.8 Å². The van der Waals surface area contributed by atoms with Gasteiger partial charge in [0, 0.05) is 42.9 Å². The van der Waals surface area contributed by atoms with Crippen molar-refractivity contribution in [2.24, 2.45) is 4.99 Å². The van der Waals surface area contributed by atoms with Crippen molar-refractivity contribution < 1.29 is 4.21 Å². The van der Waals surface area contributed by atoms with Gasteiger partial charge in [0.1, 0.15) is 0 Å². The summed E-state index contributed by atoms with van der Waals surface area (Å²) >= 11 is 0. The maximum absolute atomic E-state index is 12.3. The zero-order valence-corrected chi connectivity index (χ0v) is 21.4. The molecule has 2 N–H and O–H groups in total. The normalized spacial score (nSPS) is 13.4. The Bertz CT molecular complexity index is 758. The van der Waals surface area contributed by atoms with E-state index in [-0.39, 0.29) is 24.0 Å². The number of aliphatic imine (C=N–C) groups is 1. The van der Waals surface area contributed by atoms with Crippen molar-refractivity contribution >= 4 is 40.7 Å². The van der Waals surface area contributed by atoms with E-state index < -0.39 is 10.8 Å². The molecule has 0 heterocycles. The van der Waals surface area contributed by atoms with Gasteiger partial charge in [-0.2, -0.15) is 0 Å². The molecule has 0 radical (unpaired) electrons. The van der Waals surface area contributed by atoms with E-state index in [0.29, 0.717) is 18.3 Å². The van der Waals surface area contributed by atoms with Gasteiger partial charge in [-0.1, -0.05) is 48.5 Å². The van der Waals surface area contributed by atoms with Gasteiger partial charge in [-0.3, -0.25) is 14.1 Å². The molecule has 0 fully saturated rings. The molecule has 2 aromatic rings. The van der Waals surface area contributed by atoms with Crippen molar-refractivity contribution in [1.82, 2.24) is 15.5 Å². The quantitative estimate of drug-likeness (QED) is 0.257. The summed E-state index contributed by atoms with van der Waals surface area (Å²) in [6, 6.07) is 20.6. The van der Waals surface area contributed by atoms with E-state index in [1.54, 1.807) is 0 Å². The lowest BCUT2D eigenvalue weighted by atomic mass is 10.1. The monoisotopic (exact) mass is 542 g/mol. The van der Waals surface area contributed by atoms with E-state index >= 15 is 0 Å². The fraction of sp³-hybridized carbons (Fsp3) is 0.435. The van der Waals surface area contributed by atoms with Gasteiger partial charge in [0.2, 0.25) is 0 Å². The van der Waals surface area contributed by atoms with Gasteiger partial charge < -0.3 is 10.6 Å². The van der Waals surface area contributed by atoms with Gasteiger partial charge in [0.25, 0.3) is 0 Å². The number of guanidine groups is 1. The maximum atomic E-state index is 12.3. The molecule has 166 valence electrons. The lowest BCUT2D eigenvalue weighted by Gasteiger charge is -2.24. The molecule has 0 aromatic heterocycles. The third-order valence-corrected chi connectivity index (χ3v) is 6.15. The summed E-state index contributed by atoms with van der Waals surface area (Å²) in [5.41, 5.74) is 1.33. The minimum absolute atomic E-state index is 0. The van der Waals surface area contributed by atoms with Crippen LogP contribution in [-0.2, 0) is 17.3 Å². The summed E-state index contributed by atoms with van der Waals surface area (Å²) in [4.78, 5) is 7.90. The standard InChI is InChI=1S/C23H34N4OS.HI/c1-4-24-23(26-17-18-29(28)22-13-9-6-10-14-22)25-16-15-20(2)27(3)19-21-11-7-5-8-12-21;/h5-14,20H,4,15-19H2,1-3H3,(H2,24,25,26);1H. The smallest absolute Gasteiger partial charge is 0.191 e. The maximum Gasteiger partial charge on any atom is 0.191 e. The molecule has 0 saturated carbocycles. The van der Waals surface area contributed by atoms with Crippen LogP contribution >= 0.6 is 24.0 Å². The Labute approximate surface area is 201 Å². The molecule has 2 atom stereocenters. The first-order valence-electron chi connectivity index (χ1n) is 10.3. The first-order valence-corrected chi connectivity index (χ1v) is 11.6. The second-order valence-electron chi connectivity index (χ2n) is 7.09. The van der Waals surface area contributed by atoms with E-state index in [1.807, 2.05) is 36.4 Å². The Morgan fingerprint density at radius 1 is 1.07 bits per heavy atom. The highest BCUT2D eigenvalue weighted by molar-refractivity contribution is 14.0. The van der Waals surface area contributed by atoms with Crippen LogP contribution < -0.4 is 10.6 Å². The summed E-state index contributed by atoms with van der Waals surface area (Å²) < 4.78 is 12.3. The van der Waals surface area contributed by atoms with Crippen LogP contribution in [0.15, 0.2) is 70.6 Å². The molecule has 2 aromatic carbocycles. The van der Waals surface area contributed by atoms with E-state index in [9.17, 15) is 4.21 Å². The van der Waals surface area contributed by atoms with Crippen LogP contribution in [0.2, 0.25) is 0 Å². The van der Waals surface area contributed by atoms with Gasteiger partial charge >= 0.3 is 0 Å². The third kappa shape index (κ3) is 10.0. The van der Waals surface area contributed by atoms with Crippen LogP contribution in [0.25, 0.3) is 0 Å². The second-order valence-corrected chi connectivity index (χ2v) is 8.66. The Hall–Kier alpha value is -1.45. The average Bonchev–Trinajstić information content (AvgIpc) is 2.74. The molecule has 2 unspecified atom stereocenters. The summed E-state index contributed by atoms with van der Waals surface area (Å²) in [5.74, 6) is 1.35. The van der Waals surface area contributed by atoms with Crippen molar-refractivity contribution in [2.75, 3.05) is 32.4 Å². The van der Waals surface area contributed by atoms with Crippen molar-refractivity contribution in [3.8, 4) is 0 Å². The van der Waals surface area contributed by atoms with Crippen LogP contribution in [0, 0.1) is 0 Å². The van der Waals surface area contributed by atoms with Crippen molar-refractivity contribution in [1.29, 1.82) is 0 Å². The summed E-state index contributed by atoms with van der Waals surface area (Å²) in [7, 11) is 1.16. The molecule has 0 bridgehead atoms. The van der Waals surface area contributed by atoms with E-state index in [1.165, 1.54) is 5.56 Å². The Morgan fingerprint density at radius 3 is 2.33 bits per heavy atom. The van der Waals surface area contributed by atoms with Gasteiger partial charge in [-0.05, 0) is 45.0 Å².